The van der Waals surface area contributed by atoms with E-state index in [0.717, 1.165) is 21.5 Å². The molecule has 2 amide bonds. The van der Waals surface area contributed by atoms with Gasteiger partial charge in [-0.2, -0.15) is 0 Å². The lowest BCUT2D eigenvalue weighted by Gasteiger charge is -2.10. The number of rotatable bonds is 4. The molecular weight excluding hydrogens is 368 g/mol. The maximum absolute atomic E-state index is 11.9. The minimum absolute atomic E-state index is 0.333. The smallest absolute Gasteiger partial charge is 0.324 e. The number of pyridine rings is 1. The summed E-state index contributed by atoms with van der Waals surface area (Å²) in [6.07, 6.45) is 1.66. The molecule has 0 atom stereocenters. The highest BCUT2D eigenvalue weighted by molar-refractivity contribution is 9.10. The third-order valence-corrected chi connectivity index (χ3v) is 3.88. The van der Waals surface area contributed by atoms with E-state index in [1.54, 1.807) is 12.3 Å². The van der Waals surface area contributed by atoms with Crippen LogP contribution >= 0.6 is 15.9 Å². The summed E-state index contributed by atoms with van der Waals surface area (Å²) >= 11 is 3.48. The Morgan fingerprint density at radius 1 is 0.833 bits per heavy atom. The van der Waals surface area contributed by atoms with Gasteiger partial charge in [0.2, 0.25) is 0 Å². The molecule has 0 aliphatic carbocycles. The van der Waals surface area contributed by atoms with Gasteiger partial charge in [0.1, 0.15) is 5.82 Å². The van der Waals surface area contributed by atoms with E-state index >= 15 is 0 Å². The summed E-state index contributed by atoms with van der Waals surface area (Å²) in [6.45, 7) is 0. The highest BCUT2D eigenvalue weighted by atomic mass is 79.9. The molecule has 0 fully saturated rings. The van der Waals surface area contributed by atoms with Crippen molar-refractivity contribution in [2.75, 3.05) is 16.0 Å². The number of carbonyl (C=O) groups excluding carboxylic acids is 1. The van der Waals surface area contributed by atoms with Crippen LogP contribution in [0.5, 0.6) is 0 Å². The second-order valence-electron chi connectivity index (χ2n) is 4.98. The third-order valence-electron chi connectivity index (χ3n) is 3.19. The molecule has 2 aromatic carbocycles. The molecule has 0 unspecified atom stereocenters. The van der Waals surface area contributed by atoms with E-state index in [1.165, 1.54) is 0 Å². The summed E-state index contributed by atoms with van der Waals surface area (Å²) in [4.78, 5) is 16.2. The number of para-hydroxylation sites is 2. The fraction of sp³-hybridized carbons (Fsp3) is 0. The molecule has 3 N–H and O–H groups in total. The van der Waals surface area contributed by atoms with Crippen LogP contribution in [0.25, 0.3) is 0 Å². The van der Waals surface area contributed by atoms with E-state index < -0.39 is 0 Å². The van der Waals surface area contributed by atoms with Crippen molar-refractivity contribution in [3.05, 3.63) is 77.4 Å². The first-order chi connectivity index (χ1) is 11.7. The molecule has 3 aromatic rings. The maximum Gasteiger partial charge on any atom is 0.324 e. The summed E-state index contributed by atoms with van der Waals surface area (Å²) in [7, 11) is 0. The Labute approximate surface area is 148 Å². The number of amides is 2. The molecule has 1 aromatic heterocycles. The van der Waals surface area contributed by atoms with Crippen molar-refractivity contribution < 1.29 is 4.79 Å². The third kappa shape index (κ3) is 4.33. The van der Waals surface area contributed by atoms with Crippen LogP contribution < -0.4 is 16.0 Å². The summed E-state index contributed by atoms with van der Waals surface area (Å²) in [5.74, 6) is 0.473. The Balaban J connectivity index is 1.60. The summed E-state index contributed by atoms with van der Waals surface area (Å²) in [6, 6.07) is 20.3. The lowest BCUT2D eigenvalue weighted by Crippen LogP contribution is -2.19. The average molecular weight is 383 g/mol. The standard InChI is InChI=1S/C18H15BrN4O/c19-15-8-4-5-9-16(15)21-14-10-11-17(20-12-14)23-18(24)22-13-6-2-1-3-7-13/h1-12,21H,(H2,20,22,23,24). The number of urea groups is 1. The quantitative estimate of drug-likeness (QED) is 0.578. The highest BCUT2D eigenvalue weighted by Gasteiger charge is 2.04. The van der Waals surface area contributed by atoms with Crippen LogP contribution in [0.4, 0.5) is 27.7 Å². The second kappa shape index (κ2) is 7.61. The number of benzene rings is 2. The first kappa shape index (κ1) is 16.0. The van der Waals surface area contributed by atoms with Gasteiger partial charge >= 0.3 is 6.03 Å². The van der Waals surface area contributed by atoms with E-state index in [-0.39, 0.29) is 6.03 Å². The van der Waals surface area contributed by atoms with Gasteiger partial charge in [-0.05, 0) is 52.3 Å². The Morgan fingerprint density at radius 2 is 1.58 bits per heavy atom. The molecule has 0 aliphatic heterocycles. The molecule has 0 radical (unpaired) electrons. The minimum atomic E-state index is -0.333. The normalized spacial score (nSPS) is 10.0. The molecule has 5 nitrogen and oxygen atoms in total. The number of nitrogens with one attached hydrogen (secondary N) is 3. The van der Waals surface area contributed by atoms with Gasteiger partial charge in [-0.1, -0.05) is 30.3 Å². The van der Waals surface area contributed by atoms with E-state index in [0.29, 0.717) is 5.82 Å². The van der Waals surface area contributed by atoms with Crippen LogP contribution in [0, 0.1) is 0 Å². The first-order valence-corrected chi connectivity index (χ1v) is 8.11. The van der Waals surface area contributed by atoms with Gasteiger partial charge in [-0.15, -0.1) is 0 Å². The molecule has 1 heterocycles. The highest BCUT2D eigenvalue weighted by Crippen LogP contribution is 2.25. The molecule has 6 heteroatoms. The zero-order valence-electron chi connectivity index (χ0n) is 12.7. The number of aromatic nitrogens is 1. The van der Waals surface area contributed by atoms with Gasteiger partial charge in [-0.3, -0.25) is 5.32 Å². The summed E-state index contributed by atoms with van der Waals surface area (Å²) < 4.78 is 0.967. The lowest BCUT2D eigenvalue weighted by molar-refractivity contribution is 0.262. The molecule has 0 bridgehead atoms. The van der Waals surface area contributed by atoms with Crippen molar-refractivity contribution in [3.8, 4) is 0 Å². The Morgan fingerprint density at radius 3 is 2.29 bits per heavy atom. The van der Waals surface area contributed by atoms with Gasteiger partial charge in [0.05, 0.1) is 17.6 Å². The van der Waals surface area contributed by atoms with E-state index in [9.17, 15) is 4.79 Å². The molecular formula is C18H15BrN4O. The number of anilines is 4. The van der Waals surface area contributed by atoms with Crippen molar-refractivity contribution >= 4 is 44.8 Å². The van der Waals surface area contributed by atoms with Crippen LogP contribution in [-0.2, 0) is 0 Å². The van der Waals surface area contributed by atoms with Crippen LogP contribution in [0.15, 0.2) is 77.4 Å². The molecule has 24 heavy (non-hydrogen) atoms. The lowest BCUT2D eigenvalue weighted by atomic mass is 10.3. The van der Waals surface area contributed by atoms with E-state index in [1.807, 2.05) is 60.7 Å². The Bertz CT molecular complexity index is 822. The molecule has 3 rings (SSSR count). The van der Waals surface area contributed by atoms with Crippen molar-refractivity contribution in [2.24, 2.45) is 0 Å². The number of carbonyl (C=O) groups is 1. The molecule has 0 aliphatic rings. The number of hydrogen-bond acceptors (Lipinski definition) is 3. The number of halogens is 1. The Kier molecular flexibility index (Phi) is 5.08. The van der Waals surface area contributed by atoms with Crippen LogP contribution in [0.2, 0.25) is 0 Å². The zero-order valence-corrected chi connectivity index (χ0v) is 14.2. The molecule has 0 spiro atoms. The first-order valence-electron chi connectivity index (χ1n) is 7.31. The fourth-order valence-electron chi connectivity index (χ4n) is 2.06. The molecule has 120 valence electrons. The second-order valence-corrected chi connectivity index (χ2v) is 5.84. The van der Waals surface area contributed by atoms with Crippen molar-refractivity contribution in [2.45, 2.75) is 0 Å². The van der Waals surface area contributed by atoms with Gasteiger partial charge in [-0.25, -0.2) is 9.78 Å². The fourth-order valence-corrected chi connectivity index (χ4v) is 2.44. The van der Waals surface area contributed by atoms with Gasteiger partial charge < -0.3 is 10.6 Å². The van der Waals surface area contributed by atoms with E-state index in [4.69, 9.17) is 0 Å². The van der Waals surface area contributed by atoms with Gasteiger partial charge in [0, 0.05) is 10.2 Å². The Hall–Kier alpha value is -2.86. The topological polar surface area (TPSA) is 66.1 Å². The minimum Gasteiger partial charge on any atom is -0.353 e. The predicted octanol–water partition coefficient (Wildman–Crippen LogP) is 5.23. The SMILES string of the molecule is O=C(Nc1ccccc1)Nc1ccc(Nc2ccccc2Br)cn1. The maximum atomic E-state index is 11.9. The van der Waals surface area contributed by atoms with Crippen LogP contribution in [0.1, 0.15) is 0 Å². The molecule has 0 saturated heterocycles. The molecule has 0 saturated carbocycles. The largest absolute Gasteiger partial charge is 0.353 e. The number of nitrogens with zero attached hydrogens (tertiary/aromatic N) is 1. The summed E-state index contributed by atoms with van der Waals surface area (Å²) in [5, 5.41) is 8.69. The zero-order chi connectivity index (χ0) is 16.8. The van der Waals surface area contributed by atoms with Crippen molar-refractivity contribution in [3.63, 3.8) is 0 Å². The average Bonchev–Trinajstić information content (AvgIpc) is 2.59. The van der Waals surface area contributed by atoms with Crippen LogP contribution in [0.3, 0.4) is 0 Å². The summed E-state index contributed by atoms with van der Waals surface area (Å²) in [5.41, 5.74) is 2.50. The monoisotopic (exact) mass is 382 g/mol. The number of hydrogen-bond donors (Lipinski definition) is 3. The van der Waals surface area contributed by atoms with E-state index in [2.05, 4.69) is 36.9 Å². The van der Waals surface area contributed by atoms with Gasteiger partial charge in [0.15, 0.2) is 0 Å². The predicted molar refractivity (Wildman–Crippen MR) is 101 cm³/mol. The van der Waals surface area contributed by atoms with Crippen molar-refractivity contribution in [1.29, 1.82) is 0 Å². The van der Waals surface area contributed by atoms with Gasteiger partial charge in [0.25, 0.3) is 0 Å². The van der Waals surface area contributed by atoms with Crippen molar-refractivity contribution in [1.82, 2.24) is 4.98 Å². The van der Waals surface area contributed by atoms with Crippen LogP contribution in [-0.4, -0.2) is 11.0 Å².